The van der Waals surface area contributed by atoms with Crippen LogP contribution in [0.4, 0.5) is 5.69 Å². The molecule has 0 atom stereocenters. The van der Waals surface area contributed by atoms with Crippen molar-refractivity contribution >= 4 is 17.6 Å². The second kappa shape index (κ2) is 5.71. The number of aliphatic carboxylic acids is 1. The third kappa shape index (κ3) is 3.45. The summed E-state index contributed by atoms with van der Waals surface area (Å²) in [5.41, 5.74) is 1.24. The van der Waals surface area contributed by atoms with E-state index in [9.17, 15) is 9.59 Å². The molecule has 6 nitrogen and oxygen atoms in total. The van der Waals surface area contributed by atoms with Crippen LogP contribution in [0.2, 0.25) is 0 Å². The van der Waals surface area contributed by atoms with E-state index in [4.69, 9.17) is 10.2 Å². The van der Waals surface area contributed by atoms with Crippen LogP contribution >= 0.6 is 0 Å². The Morgan fingerprint density at radius 3 is 2.05 bits per heavy atom. The van der Waals surface area contributed by atoms with E-state index in [1.54, 1.807) is 24.3 Å². The molecular weight excluding hydrogens is 248 g/mol. The summed E-state index contributed by atoms with van der Waals surface area (Å²) in [6.45, 7) is 2.98. The molecule has 0 spiro atoms. The highest BCUT2D eigenvalue weighted by atomic mass is 16.4. The van der Waals surface area contributed by atoms with Crippen LogP contribution in [-0.4, -0.2) is 59.8 Å². The van der Waals surface area contributed by atoms with Gasteiger partial charge in [-0.3, -0.25) is 9.69 Å². The van der Waals surface area contributed by atoms with E-state index in [0.29, 0.717) is 13.1 Å². The largest absolute Gasteiger partial charge is 0.480 e. The molecule has 2 N–H and O–H groups in total. The van der Waals surface area contributed by atoms with Gasteiger partial charge in [-0.05, 0) is 24.3 Å². The Kier molecular flexibility index (Phi) is 4.01. The predicted molar refractivity (Wildman–Crippen MR) is 69.7 cm³/mol. The molecular formula is C13H16N2O4. The molecule has 0 aromatic heterocycles. The number of carbonyl (C=O) groups is 2. The third-order valence-corrected chi connectivity index (χ3v) is 3.21. The van der Waals surface area contributed by atoms with Gasteiger partial charge < -0.3 is 15.1 Å². The second-order valence-electron chi connectivity index (χ2n) is 4.51. The number of carboxylic acid groups (broad SMARTS) is 2. The summed E-state index contributed by atoms with van der Waals surface area (Å²) in [6, 6.07) is 6.75. The fourth-order valence-electron chi connectivity index (χ4n) is 2.17. The fourth-order valence-corrected chi connectivity index (χ4v) is 2.17. The minimum Gasteiger partial charge on any atom is -0.480 e. The highest BCUT2D eigenvalue weighted by molar-refractivity contribution is 5.88. The quantitative estimate of drug-likeness (QED) is 0.828. The van der Waals surface area contributed by atoms with Crippen LogP contribution in [0.5, 0.6) is 0 Å². The lowest BCUT2D eigenvalue weighted by atomic mass is 10.2. The third-order valence-electron chi connectivity index (χ3n) is 3.21. The molecule has 102 valence electrons. The maximum atomic E-state index is 10.8. The first-order chi connectivity index (χ1) is 9.06. The van der Waals surface area contributed by atoms with Crippen molar-refractivity contribution in [3.8, 4) is 0 Å². The second-order valence-corrected chi connectivity index (χ2v) is 4.51. The molecule has 1 aromatic carbocycles. The first-order valence-electron chi connectivity index (χ1n) is 6.09. The Hall–Kier alpha value is -2.08. The van der Waals surface area contributed by atoms with E-state index in [0.717, 1.165) is 18.8 Å². The van der Waals surface area contributed by atoms with Gasteiger partial charge in [0, 0.05) is 31.9 Å². The standard InChI is InChI=1S/C13H16N2O4/c16-12(17)9-14-5-7-15(8-6-14)11-3-1-10(2-4-11)13(18)19/h1-4H,5-9H2,(H,16,17)(H,18,19). The number of benzene rings is 1. The molecule has 0 saturated carbocycles. The van der Waals surface area contributed by atoms with E-state index >= 15 is 0 Å². The van der Waals surface area contributed by atoms with Crippen molar-refractivity contribution in [1.82, 2.24) is 4.90 Å². The Morgan fingerprint density at radius 1 is 1.00 bits per heavy atom. The smallest absolute Gasteiger partial charge is 0.335 e. The predicted octanol–water partition coefficient (Wildman–Crippen LogP) is 0.591. The zero-order valence-electron chi connectivity index (χ0n) is 10.5. The molecule has 1 aliphatic heterocycles. The van der Waals surface area contributed by atoms with Gasteiger partial charge in [0.2, 0.25) is 0 Å². The lowest BCUT2D eigenvalue weighted by Crippen LogP contribution is -2.47. The lowest BCUT2D eigenvalue weighted by Gasteiger charge is -2.35. The van der Waals surface area contributed by atoms with Crippen LogP contribution in [0, 0.1) is 0 Å². The summed E-state index contributed by atoms with van der Waals surface area (Å²) >= 11 is 0. The maximum Gasteiger partial charge on any atom is 0.335 e. The number of anilines is 1. The number of aromatic carboxylic acids is 1. The van der Waals surface area contributed by atoms with E-state index in [1.807, 2.05) is 4.90 Å². The molecule has 1 aliphatic rings. The molecule has 0 unspecified atom stereocenters. The number of rotatable bonds is 4. The highest BCUT2D eigenvalue weighted by Crippen LogP contribution is 2.17. The minimum absolute atomic E-state index is 0.0752. The van der Waals surface area contributed by atoms with Crippen LogP contribution < -0.4 is 4.90 Å². The average molecular weight is 264 g/mol. The molecule has 0 amide bonds. The Balaban J connectivity index is 1.94. The van der Waals surface area contributed by atoms with Crippen molar-refractivity contribution in [1.29, 1.82) is 0 Å². The van der Waals surface area contributed by atoms with Gasteiger partial charge >= 0.3 is 11.9 Å². The van der Waals surface area contributed by atoms with E-state index in [1.165, 1.54) is 0 Å². The van der Waals surface area contributed by atoms with Crippen LogP contribution in [0.15, 0.2) is 24.3 Å². The van der Waals surface area contributed by atoms with E-state index in [-0.39, 0.29) is 12.1 Å². The molecule has 0 radical (unpaired) electrons. The molecule has 1 heterocycles. The molecule has 19 heavy (non-hydrogen) atoms. The number of hydrogen-bond donors (Lipinski definition) is 2. The zero-order chi connectivity index (χ0) is 13.8. The van der Waals surface area contributed by atoms with Gasteiger partial charge in [-0.15, -0.1) is 0 Å². The van der Waals surface area contributed by atoms with Crippen LogP contribution in [-0.2, 0) is 4.79 Å². The molecule has 1 aromatic rings. The van der Waals surface area contributed by atoms with Crippen molar-refractivity contribution < 1.29 is 19.8 Å². The van der Waals surface area contributed by atoms with Crippen molar-refractivity contribution in [3.05, 3.63) is 29.8 Å². The van der Waals surface area contributed by atoms with Gasteiger partial charge in [0.05, 0.1) is 12.1 Å². The molecule has 1 saturated heterocycles. The van der Waals surface area contributed by atoms with Crippen LogP contribution in [0.3, 0.4) is 0 Å². The Labute approximate surface area is 110 Å². The van der Waals surface area contributed by atoms with Gasteiger partial charge in [0.1, 0.15) is 0 Å². The maximum absolute atomic E-state index is 10.8. The number of hydrogen-bond acceptors (Lipinski definition) is 4. The summed E-state index contributed by atoms with van der Waals surface area (Å²) < 4.78 is 0. The van der Waals surface area contributed by atoms with E-state index < -0.39 is 11.9 Å². The zero-order valence-corrected chi connectivity index (χ0v) is 10.5. The first kappa shape index (κ1) is 13.4. The van der Waals surface area contributed by atoms with Crippen LogP contribution in [0.1, 0.15) is 10.4 Å². The fraction of sp³-hybridized carbons (Fsp3) is 0.385. The summed E-state index contributed by atoms with van der Waals surface area (Å²) in [4.78, 5) is 25.4. The topological polar surface area (TPSA) is 81.1 Å². The monoisotopic (exact) mass is 264 g/mol. The van der Waals surface area contributed by atoms with Crippen LogP contribution in [0.25, 0.3) is 0 Å². The van der Waals surface area contributed by atoms with Gasteiger partial charge in [-0.1, -0.05) is 0 Å². The van der Waals surface area contributed by atoms with Crippen molar-refractivity contribution in [2.75, 3.05) is 37.6 Å². The van der Waals surface area contributed by atoms with Crippen molar-refractivity contribution in [3.63, 3.8) is 0 Å². The summed E-state index contributed by atoms with van der Waals surface area (Å²) in [5.74, 6) is -1.74. The first-order valence-corrected chi connectivity index (χ1v) is 6.09. The normalized spacial score (nSPS) is 16.3. The molecule has 6 heteroatoms. The highest BCUT2D eigenvalue weighted by Gasteiger charge is 2.18. The SMILES string of the molecule is O=C(O)CN1CCN(c2ccc(C(=O)O)cc2)CC1. The number of nitrogens with zero attached hydrogens (tertiary/aromatic N) is 2. The Bertz CT molecular complexity index is 464. The average Bonchev–Trinajstić information content (AvgIpc) is 2.39. The number of piperazine rings is 1. The summed E-state index contributed by atoms with van der Waals surface area (Å²) in [6.07, 6.45) is 0. The molecule has 2 rings (SSSR count). The van der Waals surface area contributed by atoms with E-state index in [2.05, 4.69) is 4.90 Å². The Morgan fingerprint density at radius 2 is 1.58 bits per heavy atom. The molecule has 1 fully saturated rings. The van der Waals surface area contributed by atoms with Gasteiger partial charge in [-0.2, -0.15) is 0 Å². The summed E-state index contributed by atoms with van der Waals surface area (Å²) in [7, 11) is 0. The van der Waals surface area contributed by atoms with Crippen molar-refractivity contribution in [2.45, 2.75) is 0 Å². The number of carboxylic acids is 2. The van der Waals surface area contributed by atoms with Gasteiger partial charge in [-0.25, -0.2) is 4.79 Å². The van der Waals surface area contributed by atoms with Crippen molar-refractivity contribution in [2.24, 2.45) is 0 Å². The lowest BCUT2D eigenvalue weighted by molar-refractivity contribution is -0.138. The summed E-state index contributed by atoms with van der Waals surface area (Å²) in [5, 5.41) is 17.5. The molecule has 0 aliphatic carbocycles. The minimum atomic E-state index is -0.933. The van der Waals surface area contributed by atoms with Gasteiger partial charge in [0.15, 0.2) is 0 Å². The molecule has 0 bridgehead atoms. The van der Waals surface area contributed by atoms with Gasteiger partial charge in [0.25, 0.3) is 0 Å².